The summed E-state index contributed by atoms with van der Waals surface area (Å²) in [5, 5.41) is 3.61. The summed E-state index contributed by atoms with van der Waals surface area (Å²) in [4.78, 5) is 0. The van der Waals surface area contributed by atoms with Crippen molar-refractivity contribution >= 4 is 19.3 Å². The van der Waals surface area contributed by atoms with Gasteiger partial charge in [0.05, 0.1) is 0 Å². The van der Waals surface area contributed by atoms with Gasteiger partial charge in [-0.15, -0.1) is 12.0 Å². The molecule has 2 aromatic carbocycles. The van der Waals surface area contributed by atoms with E-state index in [0.717, 1.165) is 0 Å². The van der Waals surface area contributed by atoms with E-state index in [1.54, 1.807) is 16.3 Å². The third kappa shape index (κ3) is 3.71. The fraction of sp³-hybridized carbons (Fsp3) is 0.292. The van der Waals surface area contributed by atoms with E-state index in [0.29, 0.717) is 17.8 Å². The van der Waals surface area contributed by atoms with E-state index in [9.17, 15) is 0 Å². The standard InChI is InChI=1S/C24H25Si.2ClH.Zr/c1-16(14-18-13-12-17-8-4-5-9-19(17)18)15-22-20-10-6-7-11-21(20)23-24(22)25(23,2)3;;;/h4-14,16,18,22H,15H2,1-3H3;2*1H;/q-1;;;+3/p-2. The van der Waals surface area contributed by atoms with Gasteiger partial charge in [0.1, 0.15) is 8.07 Å². The van der Waals surface area contributed by atoms with Crippen molar-refractivity contribution in [2.45, 2.75) is 38.3 Å². The predicted octanol–water partition coefficient (Wildman–Crippen LogP) is 0.384. The number of rotatable bonds is 4. The molecule has 0 bridgehead atoms. The minimum Gasteiger partial charge on any atom is -1.00 e. The maximum absolute atomic E-state index is 2.57. The summed E-state index contributed by atoms with van der Waals surface area (Å²) in [6.07, 6.45) is 8.48. The largest absolute Gasteiger partial charge is 3.00 e. The van der Waals surface area contributed by atoms with E-state index < -0.39 is 8.07 Å². The van der Waals surface area contributed by atoms with Crippen LogP contribution in [-0.4, -0.2) is 8.07 Å². The molecule has 0 nitrogen and oxygen atoms in total. The Morgan fingerprint density at radius 1 is 0.964 bits per heavy atom. The Bertz CT molecular complexity index is 932. The first-order chi connectivity index (χ1) is 12.1. The number of hydrogen-bond donors (Lipinski definition) is 0. The summed E-state index contributed by atoms with van der Waals surface area (Å²) in [6.45, 7) is 7.47. The second-order valence-corrected chi connectivity index (χ2v) is 12.8. The van der Waals surface area contributed by atoms with E-state index in [1.807, 2.05) is 5.20 Å². The normalized spacial score (nSPS) is 22.8. The molecule has 0 saturated heterocycles. The first-order valence-electron chi connectivity index (χ1n) is 9.54. The molecule has 0 aromatic heterocycles. The van der Waals surface area contributed by atoms with Crippen LogP contribution in [0.1, 0.15) is 47.4 Å². The van der Waals surface area contributed by atoms with E-state index in [2.05, 4.69) is 87.1 Å². The van der Waals surface area contributed by atoms with Gasteiger partial charge in [-0.1, -0.05) is 97.0 Å². The van der Waals surface area contributed by atoms with Crippen LogP contribution in [-0.2, 0) is 26.2 Å². The number of fused-ring (bicyclic) bond motifs is 3. The number of halogens is 2. The molecule has 3 atom stereocenters. The van der Waals surface area contributed by atoms with Crippen molar-refractivity contribution < 1.29 is 51.0 Å². The third-order valence-corrected chi connectivity index (χ3v) is 9.92. The molecule has 0 N–H and O–H groups in total. The van der Waals surface area contributed by atoms with Gasteiger partial charge in [0, 0.05) is 5.92 Å². The van der Waals surface area contributed by atoms with Crippen LogP contribution in [0.5, 0.6) is 0 Å². The Labute approximate surface area is 201 Å². The van der Waals surface area contributed by atoms with Gasteiger partial charge in [0.2, 0.25) is 0 Å². The first-order valence-corrected chi connectivity index (χ1v) is 12.5. The molecule has 3 unspecified atom stereocenters. The summed E-state index contributed by atoms with van der Waals surface area (Å²) < 4.78 is 0. The van der Waals surface area contributed by atoms with Gasteiger partial charge in [-0.3, -0.25) is 0 Å². The second kappa shape index (κ2) is 8.76. The summed E-state index contributed by atoms with van der Waals surface area (Å²) in [6, 6.07) is 18.0. The van der Waals surface area contributed by atoms with E-state index in [1.165, 1.54) is 17.5 Å². The molecule has 1 aliphatic heterocycles. The molecule has 3 aliphatic rings. The number of benzene rings is 2. The summed E-state index contributed by atoms with van der Waals surface area (Å²) in [5.41, 5.74) is 6.05. The Hall–Kier alpha value is -0.400. The van der Waals surface area contributed by atoms with Gasteiger partial charge in [-0.05, 0) is 16.7 Å². The van der Waals surface area contributed by atoms with Crippen LogP contribution < -0.4 is 24.8 Å². The van der Waals surface area contributed by atoms with Gasteiger partial charge in [-0.25, -0.2) is 0 Å². The number of hydrogen-bond acceptors (Lipinski definition) is 0. The predicted molar refractivity (Wildman–Crippen MR) is 110 cm³/mol. The molecule has 1 heterocycles. The zero-order chi connectivity index (χ0) is 17.2. The third-order valence-electron chi connectivity index (χ3n) is 6.44. The quantitative estimate of drug-likeness (QED) is 0.418. The molecule has 2 aromatic rings. The Balaban J connectivity index is 0.000000934. The van der Waals surface area contributed by atoms with Crippen molar-refractivity contribution in [3.8, 4) is 0 Å². The second-order valence-electron chi connectivity index (χ2n) is 8.47. The molecular formula is C24H25Cl2SiZr. The minimum atomic E-state index is -1.18. The fourth-order valence-corrected chi connectivity index (χ4v) is 9.37. The maximum Gasteiger partial charge on any atom is 3.00 e. The van der Waals surface area contributed by atoms with Gasteiger partial charge >= 0.3 is 26.2 Å². The van der Waals surface area contributed by atoms with Crippen molar-refractivity contribution in [1.29, 1.82) is 0 Å². The maximum atomic E-state index is 2.57. The Morgan fingerprint density at radius 3 is 2.36 bits per heavy atom. The first kappa shape index (κ1) is 23.9. The van der Waals surface area contributed by atoms with Crippen molar-refractivity contribution in [1.82, 2.24) is 0 Å². The van der Waals surface area contributed by atoms with E-state index in [-0.39, 0.29) is 51.0 Å². The molecule has 143 valence electrons. The molecule has 1 radical (unpaired) electrons. The van der Waals surface area contributed by atoms with Crippen LogP contribution in [0.4, 0.5) is 0 Å². The Kier molecular flexibility index (Phi) is 7.47. The molecular weight excluding hydrogens is 478 g/mol. The summed E-state index contributed by atoms with van der Waals surface area (Å²) in [5.74, 6) is 1.79. The molecule has 0 amide bonds. The van der Waals surface area contributed by atoms with Crippen LogP contribution in [0.15, 0.2) is 59.8 Å². The summed E-state index contributed by atoms with van der Waals surface area (Å²) >= 11 is 0. The summed E-state index contributed by atoms with van der Waals surface area (Å²) in [7, 11) is -1.18. The van der Waals surface area contributed by atoms with Crippen molar-refractivity contribution in [3.05, 3.63) is 88.5 Å². The van der Waals surface area contributed by atoms with Crippen molar-refractivity contribution in [3.63, 3.8) is 0 Å². The van der Waals surface area contributed by atoms with Crippen molar-refractivity contribution in [2.75, 3.05) is 0 Å². The molecule has 0 saturated carbocycles. The molecule has 0 fully saturated rings. The topological polar surface area (TPSA) is 0 Å². The van der Waals surface area contributed by atoms with Crippen LogP contribution in [0.3, 0.4) is 0 Å². The van der Waals surface area contributed by atoms with Crippen molar-refractivity contribution in [2.24, 2.45) is 5.92 Å². The average molecular weight is 504 g/mol. The van der Waals surface area contributed by atoms with Crippen LogP contribution in [0.2, 0.25) is 13.1 Å². The van der Waals surface area contributed by atoms with Crippen LogP contribution in [0.25, 0.3) is 11.3 Å². The molecule has 4 heteroatoms. The Morgan fingerprint density at radius 2 is 1.61 bits per heavy atom. The van der Waals surface area contributed by atoms with Crippen LogP contribution in [0, 0.1) is 12.3 Å². The number of allylic oxidation sites excluding steroid dienone is 2. The zero-order valence-corrected chi connectivity index (χ0v) is 21.5. The van der Waals surface area contributed by atoms with Gasteiger partial charge in [-0.2, -0.15) is 5.92 Å². The fourth-order valence-electron chi connectivity index (χ4n) is 5.27. The minimum absolute atomic E-state index is 0. The van der Waals surface area contributed by atoms with Gasteiger partial charge in [0.15, 0.2) is 0 Å². The molecule has 28 heavy (non-hydrogen) atoms. The van der Waals surface area contributed by atoms with E-state index in [4.69, 9.17) is 0 Å². The van der Waals surface area contributed by atoms with Crippen LogP contribution >= 0.6 is 0 Å². The smallest absolute Gasteiger partial charge is 1.00 e. The van der Waals surface area contributed by atoms with Gasteiger partial charge < -0.3 is 31.2 Å². The zero-order valence-electron chi connectivity index (χ0n) is 16.5. The molecule has 0 spiro atoms. The monoisotopic (exact) mass is 501 g/mol. The van der Waals surface area contributed by atoms with Gasteiger partial charge in [0.25, 0.3) is 0 Å². The average Bonchev–Trinajstić information content (AvgIpc) is 2.90. The molecule has 5 rings (SSSR count). The van der Waals surface area contributed by atoms with E-state index >= 15 is 0 Å². The molecule has 2 aliphatic carbocycles. The SMILES string of the molecule is CC([CH-]C1C=Cc2ccccc21)CC1C2=C(c3ccccc31)[Si]2(C)C.[Cl-].[Cl-].[Zr+3].